The minimum atomic E-state index is -0.961. The summed E-state index contributed by atoms with van der Waals surface area (Å²) in [4.78, 5) is 17.7. The van der Waals surface area contributed by atoms with E-state index in [1.165, 1.54) is 0 Å². The Balaban J connectivity index is 1.87. The first-order valence-corrected chi connectivity index (χ1v) is 7.71. The zero-order chi connectivity index (χ0) is 18.1. The molecular weight excluding hydrogens is 318 g/mol. The average Bonchev–Trinajstić information content (AvgIpc) is 2.90. The fraction of sp³-hybridized carbons (Fsp3) is 0.167. The van der Waals surface area contributed by atoms with Crippen LogP contribution in [0.1, 0.15) is 21.7 Å². The number of imidazole rings is 1. The highest BCUT2D eigenvalue weighted by Gasteiger charge is 2.13. The molecule has 0 aliphatic heterocycles. The van der Waals surface area contributed by atoms with E-state index in [9.17, 15) is 4.79 Å². The molecule has 0 saturated heterocycles. The van der Waals surface area contributed by atoms with Crippen molar-refractivity contribution < 1.29 is 9.90 Å². The summed E-state index contributed by atoms with van der Waals surface area (Å²) in [5, 5.41) is 16.5. The summed E-state index contributed by atoms with van der Waals surface area (Å²) in [6, 6.07) is 12.4. The number of aryl methyl sites for hydroxylation is 1. The molecule has 2 aromatic carbocycles. The van der Waals surface area contributed by atoms with E-state index < -0.39 is 5.97 Å². The Bertz CT molecular complexity index is 960. The number of carboxylic acids is 1. The normalized spacial score (nSPS) is 10.8. The smallest absolute Gasteiger partial charge is 0.335 e. The van der Waals surface area contributed by atoms with Crippen molar-refractivity contribution in [1.82, 2.24) is 9.55 Å². The van der Waals surface area contributed by atoms with Crippen molar-refractivity contribution in [1.29, 1.82) is 5.41 Å². The fourth-order valence-corrected chi connectivity index (χ4v) is 2.72. The number of nitrogen functional groups attached to an aromatic ring is 1. The van der Waals surface area contributed by atoms with Crippen LogP contribution in [0.3, 0.4) is 0 Å². The maximum Gasteiger partial charge on any atom is 0.335 e. The summed E-state index contributed by atoms with van der Waals surface area (Å²) < 4.78 is 1.96. The Hall–Kier alpha value is -3.35. The van der Waals surface area contributed by atoms with Gasteiger partial charge in [0.15, 0.2) is 0 Å². The molecule has 0 fully saturated rings. The Morgan fingerprint density at radius 1 is 1.24 bits per heavy atom. The maximum atomic E-state index is 11.1. The van der Waals surface area contributed by atoms with E-state index in [2.05, 4.69) is 4.98 Å². The van der Waals surface area contributed by atoms with Crippen molar-refractivity contribution in [2.45, 2.75) is 6.54 Å². The first kappa shape index (κ1) is 16.5. The molecule has 1 heterocycles. The highest BCUT2D eigenvalue weighted by Crippen LogP contribution is 2.20. The maximum absolute atomic E-state index is 11.1. The van der Waals surface area contributed by atoms with Crippen molar-refractivity contribution in [3.8, 4) is 0 Å². The molecule has 0 radical (unpaired) electrons. The van der Waals surface area contributed by atoms with Gasteiger partial charge in [0.2, 0.25) is 0 Å². The third kappa shape index (κ3) is 3.16. The van der Waals surface area contributed by atoms with Gasteiger partial charge in [-0.2, -0.15) is 0 Å². The van der Waals surface area contributed by atoms with Crippen molar-refractivity contribution in [2.24, 2.45) is 12.8 Å². The second kappa shape index (κ2) is 6.27. The number of fused-ring (bicyclic) bond motifs is 1. The Kier molecular flexibility index (Phi) is 4.14. The average molecular weight is 337 g/mol. The number of hydrogen-bond acceptors (Lipinski definition) is 4. The van der Waals surface area contributed by atoms with E-state index in [1.807, 2.05) is 47.8 Å². The molecule has 7 nitrogen and oxygen atoms in total. The molecule has 7 heteroatoms. The van der Waals surface area contributed by atoms with Crippen LogP contribution in [0, 0.1) is 5.41 Å². The van der Waals surface area contributed by atoms with E-state index in [1.54, 1.807) is 18.2 Å². The highest BCUT2D eigenvalue weighted by molar-refractivity contribution is 5.95. The highest BCUT2D eigenvalue weighted by atomic mass is 16.4. The van der Waals surface area contributed by atoms with Gasteiger partial charge in [-0.25, -0.2) is 9.78 Å². The van der Waals surface area contributed by atoms with Crippen LogP contribution >= 0.6 is 0 Å². The number of aromatic carboxylic acids is 1. The minimum absolute atomic E-state index is 0.0405. The summed E-state index contributed by atoms with van der Waals surface area (Å²) >= 11 is 0. The molecule has 0 spiro atoms. The van der Waals surface area contributed by atoms with Gasteiger partial charge in [0.1, 0.15) is 11.7 Å². The molecule has 0 saturated carbocycles. The third-order valence-corrected chi connectivity index (χ3v) is 4.22. The van der Waals surface area contributed by atoms with E-state index in [0.717, 1.165) is 17.0 Å². The Morgan fingerprint density at radius 3 is 2.48 bits per heavy atom. The number of anilines is 1. The summed E-state index contributed by atoms with van der Waals surface area (Å²) in [6.07, 6.45) is 0. The quantitative estimate of drug-likeness (QED) is 0.488. The lowest BCUT2D eigenvalue weighted by atomic mass is 10.2. The number of nitrogens with one attached hydrogen (secondary N) is 1. The van der Waals surface area contributed by atoms with Crippen LogP contribution < -0.4 is 10.6 Å². The number of nitrogens with two attached hydrogens (primary N) is 1. The topological polar surface area (TPSA) is 108 Å². The molecule has 0 unspecified atom stereocenters. The van der Waals surface area contributed by atoms with Crippen molar-refractivity contribution >= 4 is 28.5 Å². The number of nitrogens with zero attached hydrogens (tertiary/aromatic N) is 3. The van der Waals surface area contributed by atoms with Gasteiger partial charge >= 0.3 is 5.97 Å². The van der Waals surface area contributed by atoms with Crippen LogP contribution in [0.4, 0.5) is 5.69 Å². The van der Waals surface area contributed by atoms with Crippen molar-refractivity contribution in [3.63, 3.8) is 0 Å². The molecule has 0 amide bonds. The predicted octanol–water partition coefficient (Wildman–Crippen LogP) is 2.19. The number of aromatic nitrogens is 2. The molecule has 25 heavy (non-hydrogen) atoms. The lowest BCUT2D eigenvalue weighted by molar-refractivity contribution is 0.0697. The molecular formula is C18H19N5O2. The van der Waals surface area contributed by atoms with Crippen LogP contribution in [0.25, 0.3) is 11.0 Å². The Labute approximate surface area is 144 Å². The second-order valence-corrected chi connectivity index (χ2v) is 5.91. The largest absolute Gasteiger partial charge is 0.478 e. The number of benzene rings is 2. The fourth-order valence-electron chi connectivity index (χ4n) is 2.72. The van der Waals surface area contributed by atoms with Gasteiger partial charge in [0.25, 0.3) is 0 Å². The monoisotopic (exact) mass is 337 g/mol. The number of carboxylic acid groups (broad SMARTS) is 1. The molecule has 0 atom stereocenters. The van der Waals surface area contributed by atoms with E-state index >= 15 is 0 Å². The van der Waals surface area contributed by atoms with Crippen LogP contribution in [-0.2, 0) is 13.6 Å². The first-order valence-electron chi connectivity index (χ1n) is 7.71. The van der Waals surface area contributed by atoms with Gasteiger partial charge in [0.05, 0.1) is 23.1 Å². The molecule has 3 aromatic rings. The van der Waals surface area contributed by atoms with Crippen molar-refractivity contribution in [2.75, 3.05) is 11.9 Å². The zero-order valence-electron chi connectivity index (χ0n) is 14.0. The number of rotatable bonds is 5. The SMILES string of the molecule is CN(Cc1nc2cc(C(=O)O)ccc2n1C)c1ccc(C(=N)N)cc1. The summed E-state index contributed by atoms with van der Waals surface area (Å²) in [5.74, 6) is -0.0914. The lowest BCUT2D eigenvalue weighted by Crippen LogP contribution is -2.19. The summed E-state index contributed by atoms with van der Waals surface area (Å²) in [6.45, 7) is 0.563. The third-order valence-electron chi connectivity index (χ3n) is 4.22. The lowest BCUT2D eigenvalue weighted by Gasteiger charge is -2.19. The van der Waals surface area contributed by atoms with Gasteiger partial charge in [-0.05, 0) is 42.5 Å². The zero-order valence-corrected chi connectivity index (χ0v) is 14.0. The van der Waals surface area contributed by atoms with Crippen LogP contribution in [-0.4, -0.2) is 33.5 Å². The molecule has 1 aromatic heterocycles. The molecule has 3 rings (SSSR count). The van der Waals surface area contributed by atoms with Gasteiger partial charge in [0, 0.05) is 25.3 Å². The van der Waals surface area contributed by atoms with E-state index in [4.69, 9.17) is 16.2 Å². The van der Waals surface area contributed by atoms with Gasteiger partial charge in [-0.1, -0.05) is 0 Å². The van der Waals surface area contributed by atoms with Gasteiger partial charge < -0.3 is 20.3 Å². The van der Waals surface area contributed by atoms with Crippen LogP contribution in [0.5, 0.6) is 0 Å². The molecule has 128 valence electrons. The predicted molar refractivity (Wildman–Crippen MR) is 97.2 cm³/mol. The standard InChI is InChI=1S/C18H19N5O2/c1-22(13-6-3-11(4-7-13)17(19)20)10-16-21-14-9-12(18(24)25)5-8-15(14)23(16)2/h3-9H,10H2,1-2H3,(H3,19,20)(H,24,25). The Morgan fingerprint density at radius 2 is 1.88 bits per heavy atom. The number of hydrogen-bond donors (Lipinski definition) is 3. The first-order chi connectivity index (χ1) is 11.9. The molecule has 0 bridgehead atoms. The van der Waals surface area contributed by atoms with Crippen LogP contribution in [0.15, 0.2) is 42.5 Å². The summed E-state index contributed by atoms with van der Waals surface area (Å²) in [7, 11) is 3.86. The van der Waals surface area contributed by atoms with Crippen LogP contribution in [0.2, 0.25) is 0 Å². The second-order valence-electron chi connectivity index (χ2n) is 5.91. The summed E-state index contributed by atoms with van der Waals surface area (Å²) in [5.41, 5.74) is 8.91. The molecule has 0 aliphatic carbocycles. The minimum Gasteiger partial charge on any atom is -0.478 e. The number of carbonyl (C=O) groups is 1. The van der Waals surface area contributed by atoms with Gasteiger partial charge in [-0.15, -0.1) is 0 Å². The van der Waals surface area contributed by atoms with E-state index in [0.29, 0.717) is 17.6 Å². The van der Waals surface area contributed by atoms with Gasteiger partial charge in [-0.3, -0.25) is 5.41 Å². The molecule has 4 N–H and O–H groups in total. The van der Waals surface area contributed by atoms with E-state index in [-0.39, 0.29) is 11.4 Å². The number of amidine groups is 1. The molecule has 0 aliphatic rings. The van der Waals surface area contributed by atoms with Crippen molar-refractivity contribution in [3.05, 3.63) is 59.4 Å².